The number of hydrogen-bond acceptors (Lipinski definition) is 3. The van der Waals surface area contributed by atoms with Gasteiger partial charge in [0.2, 0.25) is 0 Å². The zero-order valence-corrected chi connectivity index (χ0v) is 14.7. The monoisotopic (exact) mass is 348 g/mol. The Morgan fingerprint density at radius 2 is 1.46 bits per heavy atom. The summed E-state index contributed by atoms with van der Waals surface area (Å²) in [5.74, 6) is 0.391. The summed E-state index contributed by atoms with van der Waals surface area (Å²) < 4.78 is 5.34. The quantitative estimate of drug-likeness (QED) is 0.708. The molecule has 2 amide bonds. The van der Waals surface area contributed by atoms with Gasteiger partial charge in [-0.15, -0.1) is 0 Å². The predicted molar refractivity (Wildman–Crippen MR) is 98.8 cm³/mol. The third-order valence-electron chi connectivity index (χ3n) is 4.07. The molecule has 0 atom stereocenters. The summed E-state index contributed by atoms with van der Waals surface area (Å²) in [6.07, 6.45) is 0.637. The smallest absolute Gasteiger partial charge is 0.273 e. The summed E-state index contributed by atoms with van der Waals surface area (Å²) in [7, 11) is 0. The molecular formula is C21H20N2O3. The molecule has 3 aromatic rings. The van der Waals surface area contributed by atoms with Crippen LogP contribution in [-0.4, -0.2) is 11.8 Å². The SMILES string of the molecule is Cc1cc(C(=O)NNC(=O)c2ccccc2Cc2ccccc2)c(C)o1. The third kappa shape index (κ3) is 4.00. The molecule has 26 heavy (non-hydrogen) atoms. The molecule has 0 unspecified atom stereocenters. The second-order valence-electron chi connectivity index (χ2n) is 6.05. The molecule has 0 radical (unpaired) electrons. The fourth-order valence-corrected chi connectivity index (χ4v) is 2.82. The van der Waals surface area contributed by atoms with Gasteiger partial charge < -0.3 is 4.42 Å². The van der Waals surface area contributed by atoms with Crippen molar-refractivity contribution in [1.29, 1.82) is 0 Å². The van der Waals surface area contributed by atoms with Gasteiger partial charge in [0.05, 0.1) is 5.56 Å². The number of benzene rings is 2. The minimum Gasteiger partial charge on any atom is -0.466 e. The van der Waals surface area contributed by atoms with Crippen LogP contribution in [0.3, 0.4) is 0 Å². The van der Waals surface area contributed by atoms with Gasteiger partial charge in [-0.05, 0) is 43.5 Å². The molecule has 0 spiro atoms. The Morgan fingerprint density at radius 1 is 0.846 bits per heavy atom. The lowest BCUT2D eigenvalue weighted by molar-refractivity contribution is 0.0845. The Labute approximate surface area is 152 Å². The molecule has 5 nitrogen and oxygen atoms in total. The number of hydrogen-bond donors (Lipinski definition) is 2. The normalized spacial score (nSPS) is 10.4. The van der Waals surface area contributed by atoms with Crippen LogP contribution in [0.25, 0.3) is 0 Å². The standard InChI is InChI=1S/C21H20N2O3/c1-14-12-19(15(2)26-14)21(25)23-22-20(24)18-11-7-6-10-17(18)13-16-8-4-3-5-9-16/h3-12H,13H2,1-2H3,(H,22,24)(H,23,25). The average molecular weight is 348 g/mol. The number of carbonyl (C=O) groups excluding carboxylic acids is 2. The molecule has 0 aliphatic rings. The van der Waals surface area contributed by atoms with Crippen molar-refractivity contribution in [1.82, 2.24) is 10.9 Å². The van der Waals surface area contributed by atoms with Crippen LogP contribution in [-0.2, 0) is 6.42 Å². The number of aryl methyl sites for hydroxylation is 2. The molecule has 0 saturated carbocycles. The summed E-state index contributed by atoms with van der Waals surface area (Å²) in [5.41, 5.74) is 7.85. The lowest BCUT2D eigenvalue weighted by Gasteiger charge is -2.11. The van der Waals surface area contributed by atoms with E-state index < -0.39 is 5.91 Å². The van der Waals surface area contributed by atoms with Gasteiger partial charge in [0, 0.05) is 5.56 Å². The van der Waals surface area contributed by atoms with E-state index in [0.29, 0.717) is 29.1 Å². The van der Waals surface area contributed by atoms with Gasteiger partial charge >= 0.3 is 0 Å². The molecule has 0 aliphatic heterocycles. The molecule has 0 fully saturated rings. The van der Waals surface area contributed by atoms with Crippen LogP contribution in [0.1, 0.15) is 43.4 Å². The van der Waals surface area contributed by atoms with Gasteiger partial charge in [0.1, 0.15) is 11.5 Å². The number of nitrogens with one attached hydrogen (secondary N) is 2. The Morgan fingerprint density at radius 3 is 2.12 bits per heavy atom. The Balaban J connectivity index is 1.70. The van der Waals surface area contributed by atoms with Gasteiger partial charge in [0.15, 0.2) is 0 Å². The lowest BCUT2D eigenvalue weighted by atomic mass is 9.99. The summed E-state index contributed by atoms with van der Waals surface area (Å²) in [4.78, 5) is 24.7. The van der Waals surface area contributed by atoms with Crippen molar-refractivity contribution in [3.63, 3.8) is 0 Å². The van der Waals surface area contributed by atoms with E-state index in [2.05, 4.69) is 10.9 Å². The molecule has 1 aromatic heterocycles. The van der Waals surface area contributed by atoms with E-state index in [4.69, 9.17) is 4.42 Å². The van der Waals surface area contributed by atoms with E-state index in [1.165, 1.54) is 0 Å². The number of hydrazine groups is 1. The minimum absolute atomic E-state index is 0.359. The zero-order valence-electron chi connectivity index (χ0n) is 14.7. The minimum atomic E-state index is -0.409. The molecule has 5 heteroatoms. The summed E-state index contributed by atoms with van der Waals surface area (Å²) in [6.45, 7) is 3.47. The van der Waals surface area contributed by atoms with Crippen LogP contribution < -0.4 is 10.9 Å². The van der Waals surface area contributed by atoms with Crippen molar-refractivity contribution in [3.05, 3.63) is 94.4 Å². The van der Waals surface area contributed by atoms with E-state index in [0.717, 1.165) is 11.1 Å². The number of furan rings is 1. The van der Waals surface area contributed by atoms with Crippen LogP contribution in [0.15, 0.2) is 65.1 Å². The molecule has 2 N–H and O–H groups in total. The highest BCUT2D eigenvalue weighted by molar-refractivity contribution is 6.00. The second kappa shape index (κ2) is 7.70. The van der Waals surface area contributed by atoms with Crippen molar-refractivity contribution in [2.24, 2.45) is 0 Å². The fourth-order valence-electron chi connectivity index (χ4n) is 2.82. The maximum atomic E-state index is 12.5. The molecule has 132 valence electrons. The van der Waals surface area contributed by atoms with Crippen LogP contribution in [0.5, 0.6) is 0 Å². The molecule has 0 saturated heterocycles. The van der Waals surface area contributed by atoms with Crippen molar-refractivity contribution >= 4 is 11.8 Å². The maximum absolute atomic E-state index is 12.5. The zero-order chi connectivity index (χ0) is 18.5. The molecule has 2 aromatic carbocycles. The first-order valence-electron chi connectivity index (χ1n) is 8.34. The highest BCUT2D eigenvalue weighted by atomic mass is 16.3. The van der Waals surface area contributed by atoms with E-state index in [1.807, 2.05) is 42.5 Å². The third-order valence-corrected chi connectivity index (χ3v) is 4.07. The van der Waals surface area contributed by atoms with Crippen LogP contribution in [0.4, 0.5) is 0 Å². The molecule has 1 heterocycles. The first-order valence-corrected chi connectivity index (χ1v) is 8.34. The Bertz CT molecular complexity index is 929. The largest absolute Gasteiger partial charge is 0.466 e. The lowest BCUT2D eigenvalue weighted by Crippen LogP contribution is -2.42. The number of amides is 2. The summed E-state index contributed by atoms with van der Waals surface area (Å²) in [6, 6.07) is 18.9. The van der Waals surface area contributed by atoms with Crippen molar-refractivity contribution in [2.45, 2.75) is 20.3 Å². The average Bonchev–Trinajstić information content (AvgIpc) is 2.99. The first kappa shape index (κ1) is 17.5. The Kier molecular flexibility index (Phi) is 5.17. The topological polar surface area (TPSA) is 71.3 Å². The summed E-state index contributed by atoms with van der Waals surface area (Å²) in [5, 5.41) is 0. The van der Waals surface area contributed by atoms with Gasteiger partial charge in [-0.2, -0.15) is 0 Å². The predicted octanol–water partition coefficient (Wildman–Crippen LogP) is 3.56. The van der Waals surface area contributed by atoms with E-state index in [9.17, 15) is 9.59 Å². The van der Waals surface area contributed by atoms with Crippen molar-refractivity contribution < 1.29 is 14.0 Å². The van der Waals surface area contributed by atoms with Gasteiger partial charge in [-0.3, -0.25) is 20.4 Å². The van der Waals surface area contributed by atoms with Gasteiger partial charge in [-0.25, -0.2) is 0 Å². The van der Waals surface area contributed by atoms with Crippen LogP contribution in [0.2, 0.25) is 0 Å². The highest BCUT2D eigenvalue weighted by Crippen LogP contribution is 2.15. The van der Waals surface area contributed by atoms with Crippen molar-refractivity contribution in [2.75, 3.05) is 0 Å². The van der Waals surface area contributed by atoms with E-state index >= 15 is 0 Å². The van der Waals surface area contributed by atoms with Gasteiger partial charge in [0.25, 0.3) is 11.8 Å². The maximum Gasteiger partial charge on any atom is 0.273 e. The molecular weight excluding hydrogens is 328 g/mol. The van der Waals surface area contributed by atoms with Crippen molar-refractivity contribution in [3.8, 4) is 0 Å². The highest BCUT2D eigenvalue weighted by Gasteiger charge is 2.16. The first-order chi connectivity index (χ1) is 12.5. The van der Waals surface area contributed by atoms with Crippen LogP contribution >= 0.6 is 0 Å². The molecule has 3 rings (SSSR count). The number of rotatable bonds is 4. The second-order valence-corrected chi connectivity index (χ2v) is 6.05. The van der Waals surface area contributed by atoms with E-state index in [1.54, 1.807) is 32.0 Å². The van der Waals surface area contributed by atoms with Crippen LogP contribution in [0, 0.1) is 13.8 Å². The van der Waals surface area contributed by atoms with E-state index in [-0.39, 0.29) is 5.91 Å². The van der Waals surface area contributed by atoms with Gasteiger partial charge in [-0.1, -0.05) is 48.5 Å². The number of carbonyl (C=O) groups is 2. The Hall–Kier alpha value is -3.34. The molecule has 0 bridgehead atoms. The molecule has 0 aliphatic carbocycles. The fraction of sp³-hybridized carbons (Fsp3) is 0.143. The summed E-state index contributed by atoms with van der Waals surface area (Å²) >= 11 is 0.